The van der Waals surface area contributed by atoms with Crippen molar-refractivity contribution in [2.75, 3.05) is 13.1 Å². The first-order chi connectivity index (χ1) is 15.2. The van der Waals surface area contributed by atoms with Crippen LogP contribution in [0.1, 0.15) is 37.7 Å². The van der Waals surface area contributed by atoms with Crippen LogP contribution in [-0.2, 0) is 12.6 Å². The van der Waals surface area contributed by atoms with Crippen LogP contribution in [0.5, 0.6) is 0 Å². The van der Waals surface area contributed by atoms with Crippen molar-refractivity contribution in [3.8, 4) is 0 Å². The normalized spacial score (nSPS) is 15.4. The number of rotatable bonds is 7. The molecule has 0 radical (unpaired) electrons. The summed E-state index contributed by atoms with van der Waals surface area (Å²) in [6.07, 6.45) is -2.94. The second-order valence-corrected chi connectivity index (χ2v) is 7.66. The average Bonchev–Trinajstić information content (AvgIpc) is 3.18. The number of hydrogen-bond donors (Lipinski definition) is 3. The Labute approximate surface area is 185 Å². The van der Waals surface area contributed by atoms with Crippen molar-refractivity contribution in [2.45, 2.75) is 38.1 Å². The van der Waals surface area contributed by atoms with Crippen molar-refractivity contribution < 1.29 is 18.3 Å². The van der Waals surface area contributed by atoms with Gasteiger partial charge in [-0.3, -0.25) is 4.99 Å². The van der Waals surface area contributed by atoms with Crippen LogP contribution in [0.4, 0.5) is 13.2 Å². The summed E-state index contributed by atoms with van der Waals surface area (Å²) in [6, 6.07) is 13.9. The molecule has 0 saturated carbocycles. The molecule has 0 spiro atoms. The highest BCUT2D eigenvalue weighted by molar-refractivity contribution is 5.87. The molecule has 3 aromatic rings. The highest BCUT2D eigenvalue weighted by atomic mass is 19.4. The monoisotopic (exact) mass is 447 g/mol. The van der Waals surface area contributed by atoms with E-state index in [2.05, 4.69) is 20.6 Å². The summed E-state index contributed by atoms with van der Waals surface area (Å²) in [5.74, 6) is -0.0837. The second kappa shape index (κ2) is 9.60. The third kappa shape index (κ3) is 4.88. The number of aliphatic hydroxyl groups is 1. The Hall–Kier alpha value is -3.07. The van der Waals surface area contributed by atoms with Crippen molar-refractivity contribution in [1.29, 1.82) is 0 Å². The number of alkyl halides is 3. The Morgan fingerprint density at radius 1 is 1.19 bits per heavy atom. The minimum Gasteiger partial charge on any atom is -0.374 e. The summed E-state index contributed by atoms with van der Waals surface area (Å²) in [7, 11) is 1.42. The molecule has 0 aliphatic rings. The van der Waals surface area contributed by atoms with E-state index in [-0.39, 0.29) is 12.6 Å². The van der Waals surface area contributed by atoms with E-state index in [9.17, 15) is 18.3 Å². The fourth-order valence-electron chi connectivity index (χ4n) is 3.70. The third-order valence-electron chi connectivity index (χ3n) is 5.39. The molecular weight excluding hydrogens is 419 g/mol. The maximum atomic E-state index is 13.7. The molecular formula is C23H28F3N5O. The number of hydrogen-bond acceptors (Lipinski definition) is 3. The van der Waals surface area contributed by atoms with Crippen LogP contribution in [0.3, 0.4) is 0 Å². The van der Waals surface area contributed by atoms with Gasteiger partial charge in [0.2, 0.25) is 5.60 Å². The van der Waals surface area contributed by atoms with E-state index >= 15 is 0 Å². The maximum absolute atomic E-state index is 13.7. The van der Waals surface area contributed by atoms with Crippen molar-refractivity contribution >= 4 is 16.7 Å². The van der Waals surface area contributed by atoms with Gasteiger partial charge in [0.05, 0.1) is 6.04 Å². The Morgan fingerprint density at radius 3 is 2.56 bits per heavy atom. The fourth-order valence-corrected chi connectivity index (χ4v) is 3.70. The van der Waals surface area contributed by atoms with Crippen LogP contribution in [0.25, 0.3) is 10.8 Å². The van der Waals surface area contributed by atoms with E-state index in [1.54, 1.807) is 0 Å². The lowest BCUT2D eigenvalue weighted by Gasteiger charge is -2.29. The Bertz CT molecular complexity index is 1070. The minimum atomic E-state index is -4.89. The smallest absolute Gasteiger partial charge is 0.374 e. The minimum absolute atomic E-state index is 0.144. The quantitative estimate of drug-likeness (QED) is 0.378. The molecule has 9 heteroatoms. The fraction of sp³-hybridized carbons (Fsp3) is 0.391. The number of benzene rings is 2. The predicted octanol–water partition coefficient (Wildman–Crippen LogP) is 4.03. The Kier molecular flexibility index (Phi) is 7.08. The van der Waals surface area contributed by atoms with Gasteiger partial charge in [0.1, 0.15) is 5.82 Å². The number of aromatic nitrogens is 2. The molecule has 3 rings (SSSR count). The van der Waals surface area contributed by atoms with Gasteiger partial charge in [0.25, 0.3) is 0 Å². The lowest BCUT2D eigenvalue weighted by Crippen LogP contribution is -2.45. The van der Waals surface area contributed by atoms with E-state index < -0.39 is 24.0 Å². The van der Waals surface area contributed by atoms with Crippen LogP contribution < -0.4 is 10.6 Å². The van der Waals surface area contributed by atoms with E-state index in [1.165, 1.54) is 24.0 Å². The number of imidazole rings is 1. The second-order valence-electron chi connectivity index (χ2n) is 7.66. The number of aryl methyl sites for hydroxylation is 1. The molecule has 2 atom stereocenters. The summed E-state index contributed by atoms with van der Waals surface area (Å²) in [4.78, 5) is 8.01. The van der Waals surface area contributed by atoms with E-state index in [1.807, 2.05) is 56.3 Å². The van der Waals surface area contributed by atoms with Crippen LogP contribution in [0.2, 0.25) is 0 Å². The number of nitrogens with one attached hydrogen (secondary N) is 2. The zero-order chi connectivity index (χ0) is 23.4. The van der Waals surface area contributed by atoms with Gasteiger partial charge in [0, 0.05) is 39.0 Å². The van der Waals surface area contributed by atoms with Gasteiger partial charge in [-0.05, 0) is 30.2 Å². The number of nitrogens with zero attached hydrogens (tertiary/aromatic N) is 3. The molecule has 0 aliphatic heterocycles. The summed E-state index contributed by atoms with van der Waals surface area (Å²) >= 11 is 0. The molecule has 1 heterocycles. The van der Waals surface area contributed by atoms with Crippen molar-refractivity contribution in [2.24, 2.45) is 12.0 Å². The van der Waals surface area contributed by atoms with Gasteiger partial charge in [-0.15, -0.1) is 0 Å². The lowest BCUT2D eigenvalue weighted by atomic mass is 9.98. The van der Waals surface area contributed by atoms with E-state index in [0.29, 0.717) is 12.5 Å². The van der Waals surface area contributed by atoms with Gasteiger partial charge in [-0.25, -0.2) is 4.98 Å². The molecule has 172 valence electrons. The van der Waals surface area contributed by atoms with Gasteiger partial charge >= 0.3 is 6.18 Å². The Balaban J connectivity index is 1.79. The van der Waals surface area contributed by atoms with Gasteiger partial charge in [-0.1, -0.05) is 42.5 Å². The van der Waals surface area contributed by atoms with E-state index in [4.69, 9.17) is 0 Å². The predicted molar refractivity (Wildman–Crippen MR) is 119 cm³/mol. The summed E-state index contributed by atoms with van der Waals surface area (Å²) in [6.45, 7) is 4.13. The summed E-state index contributed by atoms with van der Waals surface area (Å²) in [5, 5.41) is 19.0. The van der Waals surface area contributed by atoms with Crippen molar-refractivity contribution in [1.82, 2.24) is 20.2 Å². The first-order valence-electron chi connectivity index (χ1n) is 10.5. The molecule has 3 N–H and O–H groups in total. The van der Waals surface area contributed by atoms with Crippen LogP contribution in [0.15, 0.2) is 59.9 Å². The number of fused-ring (bicyclic) bond motifs is 1. The van der Waals surface area contributed by atoms with Gasteiger partial charge < -0.3 is 20.3 Å². The highest BCUT2D eigenvalue weighted by Crippen LogP contribution is 2.40. The van der Waals surface area contributed by atoms with Gasteiger partial charge in [-0.2, -0.15) is 13.2 Å². The van der Waals surface area contributed by atoms with Crippen LogP contribution in [0, 0.1) is 0 Å². The topological polar surface area (TPSA) is 74.5 Å². The first kappa shape index (κ1) is 23.6. The molecule has 1 aromatic heterocycles. The van der Waals surface area contributed by atoms with E-state index in [0.717, 1.165) is 16.3 Å². The molecule has 0 bridgehead atoms. The summed E-state index contributed by atoms with van der Waals surface area (Å²) < 4.78 is 42.3. The molecule has 2 unspecified atom stereocenters. The van der Waals surface area contributed by atoms with Crippen LogP contribution in [-0.4, -0.2) is 39.9 Å². The number of halogens is 3. The zero-order valence-electron chi connectivity index (χ0n) is 18.3. The highest BCUT2D eigenvalue weighted by Gasteiger charge is 2.57. The average molecular weight is 448 g/mol. The zero-order valence-corrected chi connectivity index (χ0v) is 18.3. The lowest BCUT2D eigenvalue weighted by molar-refractivity contribution is -0.272. The molecule has 0 saturated heterocycles. The maximum Gasteiger partial charge on any atom is 0.424 e. The standard InChI is InChI=1S/C23H28F3N5O/c1-4-27-21(30-16(2)18-11-7-9-17-8-5-6-10-19(17)18)29-13-12-22(32,23(24,25)26)20-28-14-15-31(20)3/h5-11,14-16,32H,4,12-13H2,1-3H3,(H2,27,29,30). The largest absolute Gasteiger partial charge is 0.424 e. The molecule has 32 heavy (non-hydrogen) atoms. The number of aliphatic imine (C=N–C) groups is 1. The number of guanidine groups is 1. The van der Waals surface area contributed by atoms with Crippen molar-refractivity contribution in [3.63, 3.8) is 0 Å². The summed E-state index contributed by atoms with van der Waals surface area (Å²) in [5.41, 5.74) is -2.04. The van der Waals surface area contributed by atoms with Crippen molar-refractivity contribution in [3.05, 3.63) is 66.2 Å². The Morgan fingerprint density at radius 2 is 1.91 bits per heavy atom. The first-order valence-corrected chi connectivity index (χ1v) is 10.5. The molecule has 6 nitrogen and oxygen atoms in total. The molecule has 0 aliphatic carbocycles. The van der Waals surface area contributed by atoms with Gasteiger partial charge in [0.15, 0.2) is 5.96 Å². The SMILES string of the molecule is CCNC(=NCCC(O)(c1nccn1C)C(F)(F)F)NC(C)c1cccc2ccccc12. The molecule has 0 amide bonds. The van der Waals surface area contributed by atoms with Crippen LogP contribution >= 0.6 is 0 Å². The molecule has 2 aromatic carbocycles. The third-order valence-corrected chi connectivity index (χ3v) is 5.39. The molecule has 0 fully saturated rings.